The van der Waals surface area contributed by atoms with Gasteiger partial charge in [0.15, 0.2) is 0 Å². The topological polar surface area (TPSA) is 65.5 Å². The number of nitrogens with zero attached hydrogens (tertiary/aromatic N) is 2. The minimum absolute atomic E-state index is 0.0750. The maximum absolute atomic E-state index is 5.28. The Labute approximate surface area is 114 Å². The molecule has 0 aliphatic heterocycles. The van der Waals surface area contributed by atoms with Crippen LogP contribution < -0.4 is 14.8 Å². The van der Waals surface area contributed by atoms with Gasteiger partial charge in [-0.15, -0.1) is 0 Å². The van der Waals surface area contributed by atoms with Crippen molar-refractivity contribution in [2.75, 3.05) is 28.4 Å². The van der Waals surface area contributed by atoms with Gasteiger partial charge in [-0.05, 0) is 26.8 Å². The first-order chi connectivity index (χ1) is 9.15. The lowest BCUT2D eigenvalue weighted by Gasteiger charge is -2.19. The first-order valence-corrected chi connectivity index (χ1v) is 6.31. The van der Waals surface area contributed by atoms with Gasteiger partial charge in [0.2, 0.25) is 11.8 Å². The summed E-state index contributed by atoms with van der Waals surface area (Å²) >= 11 is 0. The molecule has 1 rings (SSSR count). The Hall–Kier alpha value is -1.40. The average molecular weight is 269 g/mol. The highest BCUT2D eigenvalue weighted by Crippen LogP contribution is 2.26. The molecule has 0 aliphatic carbocycles. The monoisotopic (exact) mass is 269 g/mol. The quantitative estimate of drug-likeness (QED) is 0.772. The van der Waals surface area contributed by atoms with Crippen molar-refractivity contribution in [2.45, 2.75) is 31.9 Å². The van der Waals surface area contributed by atoms with Gasteiger partial charge in [-0.25, -0.2) is 4.98 Å². The third-order valence-electron chi connectivity index (χ3n) is 3.09. The molecule has 0 saturated carbocycles. The van der Waals surface area contributed by atoms with E-state index in [1.54, 1.807) is 27.5 Å². The summed E-state index contributed by atoms with van der Waals surface area (Å²) in [6.45, 7) is 2.05. The molecule has 1 N–H and O–H groups in total. The van der Waals surface area contributed by atoms with E-state index in [2.05, 4.69) is 15.3 Å². The second kappa shape index (κ2) is 7.91. The van der Waals surface area contributed by atoms with E-state index in [9.17, 15) is 0 Å². The van der Waals surface area contributed by atoms with Crippen molar-refractivity contribution in [3.63, 3.8) is 0 Å². The maximum atomic E-state index is 5.28. The Morgan fingerprint density at radius 3 is 2.47 bits per heavy atom. The van der Waals surface area contributed by atoms with Crippen LogP contribution in [0.2, 0.25) is 0 Å². The minimum atomic E-state index is 0.0750. The van der Waals surface area contributed by atoms with E-state index in [-0.39, 0.29) is 12.1 Å². The predicted octanol–water partition coefficient (Wildman–Crippen LogP) is 1.57. The van der Waals surface area contributed by atoms with Crippen molar-refractivity contribution < 1.29 is 14.2 Å². The highest BCUT2D eigenvalue weighted by atomic mass is 16.5. The summed E-state index contributed by atoms with van der Waals surface area (Å²) in [5, 5.41) is 3.23. The smallest absolute Gasteiger partial charge is 0.240 e. The van der Waals surface area contributed by atoms with Gasteiger partial charge in [0.05, 0.1) is 32.6 Å². The van der Waals surface area contributed by atoms with Crippen molar-refractivity contribution in [2.24, 2.45) is 0 Å². The molecule has 0 fully saturated rings. The van der Waals surface area contributed by atoms with Crippen LogP contribution >= 0.6 is 0 Å². The van der Waals surface area contributed by atoms with Crippen LogP contribution in [0.4, 0.5) is 0 Å². The fourth-order valence-corrected chi connectivity index (χ4v) is 1.79. The molecule has 0 bridgehead atoms. The van der Waals surface area contributed by atoms with Gasteiger partial charge in [-0.1, -0.05) is 0 Å². The van der Waals surface area contributed by atoms with Crippen molar-refractivity contribution in [1.29, 1.82) is 0 Å². The highest BCUT2D eigenvalue weighted by molar-refractivity contribution is 5.25. The fraction of sp³-hybridized carbons (Fsp3) is 0.692. The maximum Gasteiger partial charge on any atom is 0.240 e. The summed E-state index contributed by atoms with van der Waals surface area (Å²) in [6.07, 6.45) is 3.64. The van der Waals surface area contributed by atoms with Gasteiger partial charge in [0.25, 0.3) is 0 Å². The molecular formula is C13H23N3O3. The van der Waals surface area contributed by atoms with Crippen molar-refractivity contribution in [3.8, 4) is 11.8 Å². The predicted molar refractivity (Wildman–Crippen MR) is 72.6 cm³/mol. The molecule has 1 aromatic heterocycles. The van der Waals surface area contributed by atoms with Crippen LogP contribution in [-0.4, -0.2) is 44.4 Å². The summed E-state index contributed by atoms with van der Waals surface area (Å²) in [5.74, 6) is 0.935. The third-order valence-corrected chi connectivity index (χ3v) is 3.09. The minimum Gasteiger partial charge on any atom is -0.480 e. The zero-order valence-electron chi connectivity index (χ0n) is 12.3. The summed E-state index contributed by atoms with van der Waals surface area (Å²) in [6, 6.07) is 0.0750. The second-order valence-corrected chi connectivity index (χ2v) is 4.27. The average Bonchev–Trinajstić information content (AvgIpc) is 2.47. The van der Waals surface area contributed by atoms with Gasteiger partial charge in [-0.2, -0.15) is 4.98 Å². The number of aromatic nitrogens is 2. The van der Waals surface area contributed by atoms with Crippen LogP contribution in [0.5, 0.6) is 11.8 Å². The molecule has 0 radical (unpaired) electrons. The number of methoxy groups -OCH3 is 3. The van der Waals surface area contributed by atoms with E-state index < -0.39 is 0 Å². The first kappa shape index (κ1) is 15.7. The van der Waals surface area contributed by atoms with Gasteiger partial charge >= 0.3 is 0 Å². The van der Waals surface area contributed by atoms with E-state index in [1.807, 2.05) is 14.0 Å². The SMILES string of the molecule is CNC(CCC(C)OC)c1ncc(OC)nc1OC. The van der Waals surface area contributed by atoms with Gasteiger partial charge in [0, 0.05) is 7.11 Å². The first-order valence-electron chi connectivity index (χ1n) is 6.31. The lowest BCUT2D eigenvalue weighted by atomic mass is 10.1. The summed E-state index contributed by atoms with van der Waals surface area (Å²) in [5.41, 5.74) is 0.786. The van der Waals surface area contributed by atoms with Crippen LogP contribution in [0.25, 0.3) is 0 Å². The molecule has 0 aromatic carbocycles. The Kier molecular flexibility index (Phi) is 6.52. The van der Waals surface area contributed by atoms with Crippen LogP contribution in [0.3, 0.4) is 0 Å². The lowest BCUT2D eigenvalue weighted by Crippen LogP contribution is -2.21. The van der Waals surface area contributed by atoms with Crippen LogP contribution in [-0.2, 0) is 4.74 Å². The lowest BCUT2D eigenvalue weighted by molar-refractivity contribution is 0.106. The van der Waals surface area contributed by atoms with E-state index in [4.69, 9.17) is 14.2 Å². The summed E-state index contributed by atoms with van der Waals surface area (Å²) in [7, 11) is 6.75. The fourth-order valence-electron chi connectivity index (χ4n) is 1.79. The summed E-state index contributed by atoms with van der Waals surface area (Å²) < 4.78 is 15.6. The normalized spacial score (nSPS) is 13.9. The van der Waals surface area contributed by atoms with E-state index in [0.717, 1.165) is 18.5 Å². The molecule has 0 saturated heterocycles. The molecule has 2 atom stereocenters. The Morgan fingerprint density at radius 2 is 1.95 bits per heavy atom. The molecule has 1 heterocycles. The molecule has 108 valence electrons. The molecular weight excluding hydrogens is 246 g/mol. The number of hydrogen-bond donors (Lipinski definition) is 1. The number of rotatable bonds is 8. The molecule has 6 nitrogen and oxygen atoms in total. The number of ether oxygens (including phenoxy) is 3. The Morgan fingerprint density at radius 1 is 1.21 bits per heavy atom. The van der Waals surface area contributed by atoms with Crippen LogP contribution in [0.1, 0.15) is 31.5 Å². The van der Waals surface area contributed by atoms with Crippen molar-refractivity contribution in [1.82, 2.24) is 15.3 Å². The van der Waals surface area contributed by atoms with Gasteiger partial charge < -0.3 is 19.5 Å². The third kappa shape index (κ3) is 4.33. The van der Waals surface area contributed by atoms with Gasteiger partial charge in [0.1, 0.15) is 5.69 Å². The van der Waals surface area contributed by atoms with Crippen LogP contribution in [0, 0.1) is 0 Å². The van der Waals surface area contributed by atoms with Gasteiger partial charge in [-0.3, -0.25) is 0 Å². The zero-order valence-corrected chi connectivity index (χ0v) is 12.3. The molecule has 2 unspecified atom stereocenters. The van der Waals surface area contributed by atoms with E-state index in [1.165, 1.54) is 0 Å². The van der Waals surface area contributed by atoms with Crippen molar-refractivity contribution in [3.05, 3.63) is 11.9 Å². The highest BCUT2D eigenvalue weighted by Gasteiger charge is 2.19. The molecule has 19 heavy (non-hydrogen) atoms. The number of hydrogen-bond acceptors (Lipinski definition) is 6. The Balaban J connectivity index is 2.85. The molecule has 6 heteroatoms. The molecule has 1 aromatic rings. The molecule has 0 aliphatic rings. The zero-order chi connectivity index (χ0) is 14.3. The van der Waals surface area contributed by atoms with E-state index >= 15 is 0 Å². The molecule has 0 amide bonds. The molecule has 0 spiro atoms. The largest absolute Gasteiger partial charge is 0.480 e. The van der Waals surface area contributed by atoms with Crippen LogP contribution in [0.15, 0.2) is 6.20 Å². The number of nitrogens with one attached hydrogen (secondary N) is 1. The summed E-state index contributed by atoms with van der Waals surface area (Å²) in [4.78, 5) is 8.63. The Bertz CT molecular complexity index is 387. The van der Waals surface area contributed by atoms with E-state index in [0.29, 0.717) is 11.8 Å². The second-order valence-electron chi connectivity index (χ2n) is 4.27. The van der Waals surface area contributed by atoms with Crippen molar-refractivity contribution >= 4 is 0 Å². The standard InChI is InChI=1S/C13H23N3O3/c1-9(17-3)6-7-10(14-2)12-13(19-5)16-11(18-4)8-15-12/h8-10,14H,6-7H2,1-5H3.